The van der Waals surface area contributed by atoms with Crippen molar-refractivity contribution in [1.29, 1.82) is 0 Å². The van der Waals surface area contributed by atoms with Crippen LogP contribution in [0.4, 0.5) is 0 Å². The first kappa shape index (κ1) is 9.91. The average molecular weight is 214 g/mol. The lowest BCUT2D eigenvalue weighted by Gasteiger charge is -2.20. The van der Waals surface area contributed by atoms with Crippen molar-refractivity contribution in [3.8, 4) is 0 Å². The number of hydrogen-bond donors (Lipinski definition) is 4. The van der Waals surface area contributed by atoms with E-state index in [1.54, 1.807) is 0 Å². The molecule has 0 aromatic heterocycles. The van der Waals surface area contributed by atoms with Crippen molar-refractivity contribution in [1.82, 2.24) is 0 Å². The summed E-state index contributed by atoms with van der Waals surface area (Å²) in [5.41, 5.74) is 4.20. The van der Waals surface area contributed by atoms with E-state index in [0.29, 0.717) is 0 Å². The van der Waals surface area contributed by atoms with Crippen molar-refractivity contribution in [2.24, 2.45) is 28.6 Å². The molecule has 5 N–H and O–H groups in total. The zero-order chi connectivity index (χ0) is 11.4. The van der Waals surface area contributed by atoms with Gasteiger partial charge in [-0.25, -0.2) is 0 Å². The lowest BCUT2D eigenvalue weighted by atomic mass is 9.91. The minimum Gasteiger partial charge on any atom is -0.481 e. The Bertz CT molecular complexity index is 379. The Balaban J connectivity index is 2.34. The van der Waals surface area contributed by atoms with Gasteiger partial charge in [-0.2, -0.15) is 0 Å². The van der Waals surface area contributed by atoms with Gasteiger partial charge in [0, 0.05) is 18.3 Å². The van der Waals surface area contributed by atoms with Gasteiger partial charge >= 0.3 is 11.9 Å². The van der Waals surface area contributed by atoms with E-state index in [-0.39, 0.29) is 12.1 Å². The van der Waals surface area contributed by atoms with Crippen molar-refractivity contribution in [3.05, 3.63) is 0 Å². The van der Waals surface area contributed by atoms with Gasteiger partial charge in [-0.3, -0.25) is 9.59 Å². The molecule has 7 nitrogen and oxygen atoms in total. The molecule has 2 aliphatic carbocycles. The molecule has 2 aliphatic rings. The maximum atomic E-state index is 10.9. The predicted molar refractivity (Wildman–Crippen MR) is 46.5 cm³/mol. The molecule has 0 saturated heterocycles. The Labute approximate surface area is 84.2 Å². The molecule has 0 aromatic carbocycles. The normalized spacial score (nSPS) is 45.1. The maximum absolute atomic E-state index is 10.9. The summed E-state index contributed by atoms with van der Waals surface area (Å²) in [6.45, 7) is 0. The monoisotopic (exact) mass is 214 g/mol. The Hall–Kier alpha value is -1.63. The molecule has 2 fully saturated rings. The van der Waals surface area contributed by atoms with Crippen LogP contribution in [0.3, 0.4) is 0 Å². The summed E-state index contributed by atoms with van der Waals surface area (Å²) in [6, 6.07) is 0. The maximum Gasteiger partial charge on any atom is 0.324 e. The first-order chi connectivity index (χ1) is 6.93. The Morgan fingerprint density at radius 3 is 2.47 bits per heavy atom. The highest BCUT2D eigenvalue weighted by Crippen LogP contribution is 2.60. The van der Waals surface area contributed by atoms with Gasteiger partial charge in [0.1, 0.15) is 5.54 Å². The van der Waals surface area contributed by atoms with E-state index in [1.807, 2.05) is 0 Å². The molecule has 4 unspecified atom stereocenters. The SMILES string of the molecule is NC1(C(=O)O)C/C(=N\O)C2C(C(=O)O)C21. The lowest BCUT2D eigenvalue weighted by Crippen LogP contribution is -2.50. The molecule has 0 bridgehead atoms. The molecular weight excluding hydrogens is 204 g/mol. The number of fused-ring (bicyclic) bond motifs is 1. The number of nitrogens with zero attached hydrogens (tertiary/aromatic N) is 1. The molecule has 2 saturated carbocycles. The highest BCUT2D eigenvalue weighted by atomic mass is 16.4. The Kier molecular flexibility index (Phi) is 1.78. The van der Waals surface area contributed by atoms with Crippen LogP contribution >= 0.6 is 0 Å². The van der Waals surface area contributed by atoms with E-state index in [0.717, 1.165) is 0 Å². The van der Waals surface area contributed by atoms with Gasteiger partial charge < -0.3 is 21.2 Å². The minimum atomic E-state index is -1.60. The quantitative estimate of drug-likeness (QED) is 0.342. The third kappa shape index (κ3) is 1.06. The third-order valence-electron chi connectivity index (χ3n) is 3.28. The van der Waals surface area contributed by atoms with E-state index in [9.17, 15) is 9.59 Å². The van der Waals surface area contributed by atoms with Crippen molar-refractivity contribution < 1.29 is 25.0 Å². The summed E-state index contributed by atoms with van der Waals surface area (Å²) in [4.78, 5) is 21.7. The highest BCUT2D eigenvalue weighted by Gasteiger charge is 2.73. The number of rotatable bonds is 2. The minimum absolute atomic E-state index is 0.0854. The number of aliphatic carboxylic acids is 2. The second-order valence-corrected chi connectivity index (χ2v) is 4.03. The lowest BCUT2D eigenvalue weighted by molar-refractivity contribution is -0.144. The molecule has 82 valence electrons. The fourth-order valence-electron chi connectivity index (χ4n) is 2.53. The van der Waals surface area contributed by atoms with Gasteiger partial charge in [0.25, 0.3) is 0 Å². The van der Waals surface area contributed by atoms with Gasteiger partial charge in [0.15, 0.2) is 0 Å². The molecule has 2 rings (SSSR count). The molecule has 0 aliphatic heterocycles. The number of oxime groups is 1. The molecule has 7 heteroatoms. The van der Waals surface area contributed by atoms with Crippen LogP contribution in [0.15, 0.2) is 5.16 Å². The van der Waals surface area contributed by atoms with E-state index in [2.05, 4.69) is 5.16 Å². The number of hydrogen-bond acceptors (Lipinski definition) is 5. The number of carbonyl (C=O) groups is 2. The molecule has 15 heavy (non-hydrogen) atoms. The molecule has 0 amide bonds. The van der Waals surface area contributed by atoms with Gasteiger partial charge in [0.05, 0.1) is 11.6 Å². The molecule has 0 radical (unpaired) electrons. The summed E-state index contributed by atoms with van der Waals surface area (Å²) < 4.78 is 0. The van der Waals surface area contributed by atoms with Gasteiger partial charge in [-0.1, -0.05) is 5.16 Å². The molecule has 4 atom stereocenters. The van der Waals surface area contributed by atoms with Crippen LogP contribution in [0.1, 0.15) is 6.42 Å². The van der Waals surface area contributed by atoms with E-state index in [1.165, 1.54) is 0 Å². The fourth-order valence-corrected chi connectivity index (χ4v) is 2.53. The average Bonchev–Trinajstić information content (AvgIpc) is 2.82. The van der Waals surface area contributed by atoms with Crippen LogP contribution < -0.4 is 5.73 Å². The summed E-state index contributed by atoms with van der Waals surface area (Å²) in [5, 5.41) is 29.3. The second kappa shape index (κ2) is 2.69. The van der Waals surface area contributed by atoms with Crippen LogP contribution in [0.2, 0.25) is 0 Å². The molecule has 0 spiro atoms. The number of nitrogens with two attached hydrogens (primary N) is 1. The summed E-state index contributed by atoms with van der Waals surface area (Å²) in [6.07, 6.45) is -0.0854. The number of carboxylic acid groups (broad SMARTS) is 2. The van der Waals surface area contributed by atoms with E-state index < -0.39 is 35.2 Å². The summed E-state index contributed by atoms with van der Waals surface area (Å²) in [5.74, 6) is -4.35. The molecule has 0 heterocycles. The van der Waals surface area contributed by atoms with Gasteiger partial charge in [-0.05, 0) is 0 Å². The van der Waals surface area contributed by atoms with Crippen molar-refractivity contribution in [3.63, 3.8) is 0 Å². The fraction of sp³-hybridized carbons (Fsp3) is 0.625. The van der Waals surface area contributed by atoms with Gasteiger partial charge in [0.2, 0.25) is 0 Å². The summed E-state index contributed by atoms with van der Waals surface area (Å²) >= 11 is 0. The van der Waals surface area contributed by atoms with Crippen molar-refractivity contribution >= 4 is 17.7 Å². The van der Waals surface area contributed by atoms with Crippen molar-refractivity contribution in [2.45, 2.75) is 12.0 Å². The van der Waals surface area contributed by atoms with Crippen LogP contribution in [0.5, 0.6) is 0 Å². The zero-order valence-corrected chi connectivity index (χ0v) is 7.62. The molecule has 0 aromatic rings. The van der Waals surface area contributed by atoms with E-state index >= 15 is 0 Å². The number of carboxylic acids is 2. The molecular formula is C8H10N2O5. The first-order valence-corrected chi connectivity index (χ1v) is 4.39. The highest BCUT2D eigenvalue weighted by molar-refractivity contribution is 6.05. The Morgan fingerprint density at radius 2 is 2.07 bits per heavy atom. The van der Waals surface area contributed by atoms with Crippen LogP contribution in [0, 0.1) is 17.8 Å². The summed E-state index contributed by atoms with van der Waals surface area (Å²) in [7, 11) is 0. The first-order valence-electron chi connectivity index (χ1n) is 4.39. The van der Waals surface area contributed by atoms with E-state index in [4.69, 9.17) is 21.2 Å². The predicted octanol–water partition coefficient (Wildman–Crippen LogP) is -1.05. The largest absolute Gasteiger partial charge is 0.481 e. The van der Waals surface area contributed by atoms with Crippen molar-refractivity contribution in [2.75, 3.05) is 0 Å². The smallest absolute Gasteiger partial charge is 0.324 e. The van der Waals surface area contributed by atoms with Crippen LogP contribution in [-0.4, -0.2) is 38.6 Å². The zero-order valence-electron chi connectivity index (χ0n) is 7.62. The van der Waals surface area contributed by atoms with Gasteiger partial charge in [-0.15, -0.1) is 0 Å². The second-order valence-electron chi connectivity index (χ2n) is 4.03. The Morgan fingerprint density at radius 1 is 1.47 bits per heavy atom. The van der Waals surface area contributed by atoms with Crippen LogP contribution in [-0.2, 0) is 9.59 Å². The third-order valence-corrected chi connectivity index (χ3v) is 3.28. The van der Waals surface area contributed by atoms with Crippen LogP contribution in [0.25, 0.3) is 0 Å². The standard InChI is InChI=1S/C8H10N2O5/c9-8(7(13)14)1-2(10-15)3-4(5(3)8)6(11)12/h3-5,15H,1,9H2,(H,11,12)(H,13,14)/b10-2+. The topological polar surface area (TPSA) is 133 Å².